The Morgan fingerprint density at radius 2 is 0.837 bits per heavy atom. The largest absolute Gasteiger partial charge is 0.449 e. The van der Waals surface area contributed by atoms with E-state index in [1.54, 1.807) is 21.6 Å². The van der Waals surface area contributed by atoms with Crippen LogP contribution in [0.25, 0.3) is 11.4 Å². The summed E-state index contributed by atoms with van der Waals surface area (Å²) in [6.45, 7) is 34.6. The Morgan fingerprint density at radius 1 is 0.481 bits per heavy atom. The van der Waals surface area contributed by atoms with Crippen LogP contribution < -0.4 is 10.6 Å². The van der Waals surface area contributed by atoms with Crippen LogP contribution in [0.5, 0.6) is 0 Å². The summed E-state index contributed by atoms with van der Waals surface area (Å²) in [7, 11) is 0. The predicted octanol–water partition coefficient (Wildman–Crippen LogP) is 13.8. The van der Waals surface area contributed by atoms with Crippen molar-refractivity contribution < 1.29 is 53.1 Å². The minimum Gasteiger partial charge on any atom is -0.449 e. The van der Waals surface area contributed by atoms with Crippen LogP contribution in [0.3, 0.4) is 0 Å². The monoisotopic (exact) mass is 1490 g/mol. The third-order valence-electron chi connectivity index (χ3n) is 17.2. The van der Waals surface area contributed by atoms with Gasteiger partial charge in [-0.15, -0.1) is 0 Å². The van der Waals surface area contributed by atoms with Gasteiger partial charge in [0.2, 0.25) is 0 Å². The van der Waals surface area contributed by atoms with Gasteiger partial charge in [-0.05, 0) is 84.2 Å². The van der Waals surface area contributed by atoms with E-state index in [4.69, 9.17) is 58.9 Å². The number of aliphatic hydroxyl groups is 2. The molecule has 0 radical (unpaired) electrons. The van der Waals surface area contributed by atoms with Crippen LogP contribution in [0, 0.1) is 0 Å². The van der Waals surface area contributed by atoms with Crippen LogP contribution in [0.15, 0.2) is 207 Å². The summed E-state index contributed by atoms with van der Waals surface area (Å²) >= 11 is 16.8. The summed E-state index contributed by atoms with van der Waals surface area (Å²) < 4.78 is 25.6. The summed E-state index contributed by atoms with van der Waals surface area (Å²) in [6.07, 6.45) is 7.28. The molecule has 13 rings (SSSR count). The first-order valence-electron chi connectivity index (χ1n) is 35.3. The molecule has 0 bridgehead atoms. The number of morpholine rings is 1. The van der Waals surface area contributed by atoms with E-state index < -0.39 is 11.5 Å². The van der Waals surface area contributed by atoms with Crippen LogP contribution in [0.1, 0.15) is 68.5 Å². The average molecular weight is 1490 g/mol. The van der Waals surface area contributed by atoms with Gasteiger partial charge in [0.05, 0.1) is 31.8 Å². The summed E-state index contributed by atoms with van der Waals surface area (Å²) in [5, 5.41) is 26.1. The zero-order valence-corrected chi connectivity index (χ0v) is 62.3. The van der Waals surface area contributed by atoms with Crippen LogP contribution in [0.2, 0.25) is 10.0 Å². The highest BCUT2D eigenvalue weighted by molar-refractivity contribution is 6.61. The highest BCUT2D eigenvalue weighted by Gasteiger charge is 2.49. The van der Waals surface area contributed by atoms with Crippen LogP contribution in [-0.4, -0.2) is 224 Å². The van der Waals surface area contributed by atoms with Crippen LogP contribution >= 0.6 is 34.8 Å². The van der Waals surface area contributed by atoms with Gasteiger partial charge in [0.25, 0.3) is 0 Å². The van der Waals surface area contributed by atoms with E-state index >= 15 is 0 Å². The molecule has 3 unspecified atom stereocenters. The Morgan fingerprint density at radius 3 is 1.18 bits per heavy atom. The number of rotatable bonds is 16. The SMILES string of the molecule is C.C1=CCNC1.C=C(c1ccc(Cl)cc1)N1CCN(C2CN(C(=O)OCc3ccccc3)C[C@H]2O)CC1.C=C(c1ccc(Cl)cc1)N1CCNCC1.CCN(CC)CC.CCO.O=C(Cl)OCc1ccccc1.O=C(OCc1ccccc1)N1CC2OC2C1.O=C(OCc1ccccc1)N1CC=CC1. The maximum absolute atomic E-state index is 12.5. The molecule has 0 aliphatic carbocycles. The number of benzene rings is 6. The molecule has 5 fully saturated rings. The second-order valence-corrected chi connectivity index (χ2v) is 25.6. The topological polar surface area (TPSA) is 205 Å². The molecule has 6 aromatic carbocycles. The fraction of sp³-hybridized carbons (Fsp3) is 0.407. The molecule has 0 saturated carbocycles. The Hall–Kier alpha value is -8.25. The molecule has 20 nitrogen and oxygen atoms in total. The number of nitrogens with zero attached hydrogens (tertiary/aromatic N) is 7. The summed E-state index contributed by atoms with van der Waals surface area (Å²) in [4.78, 5) is 59.9. The van der Waals surface area contributed by atoms with Gasteiger partial charge in [0.15, 0.2) is 0 Å². The van der Waals surface area contributed by atoms with E-state index in [1.807, 2.05) is 182 Å². The van der Waals surface area contributed by atoms with E-state index in [-0.39, 0.29) is 63.8 Å². The van der Waals surface area contributed by atoms with Gasteiger partial charge in [0, 0.05) is 125 Å². The number of aliphatic hydroxyl groups excluding tert-OH is 2. The molecule has 3 amide bonds. The molecule has 7 heterocycles. The third kappa shape index (κ3) is 32.4. The minimum atomic E-state index is -0.770. The highest BCUT2D eigenvalue weighted by atomic mass is 35.5. The van der Waals surface area contributed by atoms with Crippen molar-refractivity contribution in [3.8, 4) is 0 Å². The second-order valence-electron chi connectivity index (χ2n) is 24.4. The second kappa shape index (κ2) is 49.5. The molecule has 4 N–H and O–H groups in total. The van der Waals surface area contributed by atoms with E-state index in [0.29, 0.717) is 57.5 Å². The van der Waals surface area contributed by atoms with Crippen molar-refractivity contribution in [2.24, 2.45) is 0 Å². The van der Waals surface area contributed by atoms with Crippen LogP contribution in [-0.2, 0) is 50.1 Å². The number of carbonyl (C=O) groups excluding carboxylic acids is 4. The molecule has 7 aliphatic heterocycles. The average Bonchev–Trinajstić information content (AvgIpc) is 1.63. The molecule has 7 aliphatic rings. The molecule has 4 atom stereocenters. The van der Waals surface area contributed by atoms with Gasteiger partial charge >= 0.3 is 23.7 Å². The number of epoxide rings is 1. The lowest BCUT2D eigenvalue weighted by atomic mass is 10.1. The molecule has 0 spiro atoms. The molecule has 6 aromatic rings. The van der Waals surface area contributed by atoms with Gasteiger partial charge in [0.1, 0.15) is 38.6 Å². The summed E-state index contributed by atoms with van der Waals surface area (Å²) in [6, 6.07) is 53.8. The quantitative estimate of drug-likeness (QED) is 0.0308. The number of amides is 3. The predicted molar refractivity (Wildman–Crippen MR) is 418 cm³/mol. The Balaban J connectivity index is 0.000000230. The van der Waals surface area contributed by atoms with Crippen molar-refractivity contribution in [1.82, 2.24) is 44.9 Å². The molecular formula is C81H108Cl3N9O11. The van der Waals surface area contributed by atoms with Gasteiger partial charge < -0.3 is 73.9 Å². The fourth-order valence-electron chi connectivity index (χ4n) is 11.2. The number of ether oxygens (including phenoxy) is 5. The van der Waals surface area contributed by atoms with Crippen molar-refractivity contribution in [2.75, 3.05) is 131 Å². The Bertz CT molecular complexity index is 3430. The van der Waals surface area contributed by atoms with E-state index in [0.717, 1.165) is 115 Å². The van der Waals surface area contributed by atoms with Gasteiger partial charge in [-0.3, -0.25) is 4.90 Å². The van der Waals surface area contributed by atoms with Crippen molar-refractivity contribution in [3.05, 3.63) is 251 Å². The lowest BCUT2D eigenvalue weighted by molar-refractivity contribution is 0.0578. The zero-order valence-electron chi connectivity index (χ0n) is 60.0. The molecule has 0 aromatic heterocycles. The van der Waals surface area contributed by atoms with E-state index in [1.165, 1.54) is 19.6 Å². The molecule has 5 saturated heterocycles. The number of fused-ring (bicyclic) bond motifs is 1. The van der Waals surface area contributed by atoms with Crippen molar-refractivity contribution in [3.63, 3.8) is 0 Å². The van der Waals surface area contributed by atoms with Crippen molar-refractivity contribution in [1.29, 1.82) is 0 Å². The fourth-order valence-corrected chi connectivity index (χ4v) is 11.5. The van der Waals surface area contributed by atoms with Crippen LogP contribution in [0.4, 0.5) is 19.2 Å². The Labute approximate surface area is 632 Å². The van der Waals surface area contributed by atoms with Crippen molar-refractivity contribution in [2.45, 2.75) is 85.9 Å². The number of β-amino-alcohol motifs (C(OH)–C–C–N with tert-alkyl or cyclic N) is 1. The first-order chi connectivity index (χ1) is 50.0. The van der Waals surface area contributed by atoms with Gasteiger partial charge in [-0.25, -0.2) is 19.2 Å². The zero-order chi connectivity index (χ0) is 74.0. The van der Waals surface area contributed by atoms with Gasteiger partial charge in [-0.2, -0.15) is 0 Å². The van der Waals surface area contributed by atoms with E-state index in [9.17, 15) is 24.3 Å². The lowest BCUT2D eigenvalue weighted by Crippen LogP contribution is -2.53. The minimum absolute atomic E-state index is 0. The highest BCUT2D eigenvalue weighted by Crippen LogP contribution is 2.31. The maximum Gasteiger partial charge on any atom is 0.410 e. The summed E-state index contributed by atoms with van der Waals surface area (Å²) in [5.74, 6) is 0. The first kappa shape index (κ1) is 86.4. The molecule has 104 heavy (non-hydrogen) atoms. The van der Waals surface area contributed by atoms with Crippen molar-refractivity contribution >= 4 is 69.9 Å². The first-order valence-corrected chi connectivity index (χ1v) is 36.4. The number of likely N-dealkylation sites (tertiary alicyclic amines) is 2. The normalized spacial score (nSPS) is 17.8. The number of nitrogens with one attached hydrogen (secondary N) is 2. The number of hydrogen-bond acceptors (Lipinski definition) is 17. The maximum atomic E-state index is 12.5. The number of carbonyl (C=O) groups is 4. The lowest BCUT2D eigenvalue weighted by Gasteiger charge is -2.40. The smallest absolute Gasteiger partial charge is 0.410 e. The van der Waals surface area contributed by atoms with E-state index in [2.05, 4.69) is 81.1 Å². The standard InChI is InChI=1S/C24H28ClN3O3.C12H15ClN2.C12H13NO3.C12H13NO2.C8H7ClO2.C6H15N.C4H7N.C2H6O.CH4/c1-18(20-7-9-21(25)10-8-20)26-11-13-27(14-12-26)22-15-28(16-23(22)29)24(30)31-17-19-5-3-2-4-6-19;1-10(15-8-6-14-7-9-15)11-2-4-12(13)5-3-11;14-12(13-6-10-11(7-13)16-10)15-8-9-4-2-1-3-5-9;14-12(13-8-4-5-9-13)15-10-11-6-2-1-3-7-11;9-8(10)11-6-7-4-2-1-3-5-7;1-4-7(5-2)6-3;1-2-4-5-3-1;1-2-3;/h2-10,22-23,29H,1,11-17H2;2-5,14H,1,6-9H2;1-5,10-11H,6-8H2;1-7H,8-10H2;1-5H,6H2;4-6H2,1-3H3;1-2,5H,3-4H2;3H,2H2,1H3;1H4/t22?,23-;;;;;;;;/m1......../s1. The number of piperazine rings is 2. The third-order valence-corrected chi connectivity index (χ3v) is 17.8. The molecule has 23 heteroatoms. The molecule has 564 valence electrons. The Kier molecular flexibility index (Phi) is 41.1. The number of hydrogen-bond donors (Lipinski definition) is 4. The summed E-state index contributed by atoms with van der Waals surface area (Å²) in [5.41, 5.74) is 7.42. The number of halogens is 3. The van der Waals surface area contributed by atoms with Gasteiger partial charge in [-0.1, -0.05) is 234 Å². The molecular weight excluding hydrogens is 1380 g/mol.